The van der Waals surface area contributed by atoms with Gasteiger partial charge in [-0.25, -0.2) is 4.79 Å². The highest BCUT2D eigenvalue weighted by molar-refractivity contribution is 6.31. The summed E-state index contributed by atoms with van der Waals surface area (Å²) in [6.07, 6.45) is -0.958. The maximum absolute atomic E-state index is 12.2. The van der Waals surface area contributed by atoms with Crippen LogP contribution in [0, 0.1) is 6.92 Å². The number of nitrogens with one attached hydrogen (secondary N) is 1. The molecule has 0 radical (unpaired) electrons. The highest BCUT2D eigenvalue weighted by Gasteiger charge is 2.19. The van der Waals surface area contributed by atoms with Gasteiger partial charge in [-0.3, -0.25) is 4.79 Å². The number of amides is 1. The fourth-order valence-corrected chi connectivity index (χ4v) is 2.22. The standard InChI is InChI=1S/C17H15Cl2NO3/c1-10-6-7-14(19)9-15(10)20-16(21)11(2)23-17(22)12-4-3-5-13(18)8-12/h3-9,11H,1-2H3,(H,20,21)/t11-/m0/s1. The first-order valence-electron chi connectivity index (χ1n) is 6.90. The molecule has 0 aromatic heterocycles. The molecule has 0 aliphatic heterocycles. The number of hydrogen-bond acceptors (Lipinski definition) is 3. The van der Waals surface area contributed by atoms with Crippen LogP contribution in [0.2, 0.25) is 10.0 Å². The Labute approximate surface area is 144 Å². The second-order valence-electron chi connectivity index (χ2n) is 5.01. The summed E-state index contributed by atoms with van der Waals surface area (Å²) < 4.78 is 5.15. The molecule has 0 saturated carbocycles. The van der Waals surface area contributed by atoms with Gasteiger partial charge in [0.1, 0.15) is 0 Å². The fraction of sp³-hybridized carbons (Fsp3) is 0.176. The molecular weight excluding hydrogens is 337 g/mol. The third-order valence-electron chi connectivity index (χ3n) is 3.17. The predicted octanol–water partition coefficient (Wildman–Crippen LogP) is 4.49. The van der Waals surface area contributed by atoms with Gasteiger partial charge in [0.15, 0.2) is 6.10 Å². The SMILES string of the molecule is Cc1ccc(Cl)cc1NC(=O)[C@H](C)OC(=O)c1cccc(Cl)c1. The van der Waals surface area contributed by atoms with Crippen LogP contribution in [-0.4, -0.2) is 18.0 Å². The van der Waals surface area contributed by atoms with E-state index >= 15 is 0 Å². The van der Waals surface area contributed by atoms with Gasteiger partial charge in [0.25, 0.3) is 5.91 Å². The molecule has 2 aromatic carbocycles. The summed E-state index contributed by atoms with van der Waals surface area (Å²) >= 11 is 11.7. The lowest BCUT2D eigenvalue weighted by atomic mass is 10.2. The first kappa shape index (κ1) is 17.3. The summed E-state index contributed by atoms with van der Waals surface area (Å²) in [6.45, 7) is 3.34. The molecule has 1 amide bonds. The largest absolute Gasteiger partial charge is 0.449 e. The number of carbonyl (C=O) groups excluding carboxylic acids is 2. The zero-order valence-corrected chi connectivity index (χ0v) is 14.1. The van der Waals surface area contributed by atoms with Gasteiger partial charge in [-0.05, 0) is 49.7 Å². The number of aryl methyl sites for hydroxylation is 1. The second-order valence-corrected chi connectivity index (χ2v) is 5.88. The molecule has 2 rings (SSSR count). The summed E-state index contributed by atoms with van der Waals surface area (Å²) in [6, 6.07) is 11.5. The van der Waals surface area contributed by atoms with Crippen LogP contribution in [0.5, 0.6) is 0 Å². The molecule has 0 spiro atoms. The zero-order valence-electron chi connectivity index (χ0n) is 12.6. The topological polar surface area (TPSA) is 55.4 Å². The third-order valence-corrected chi connectivity index (χ3v) is 3.64. The molecule has 0 bridgehead atoms. The monoisotopic (exact) mass is 351 g/mol. The minimum atomic E-state index is -0.958. The molecule has 4 nitrogen and oxygen atoms in total. The highest BCUT2D eigenvalue weighted by Crippen LogP contribution is 2.20. The number of esters is 1. The maximum atomic E-state index is 12.2. The van der Waals surface area contributed by atoms with Gasteiger partial charge in [-0.2, -0.15) is 0 Å². The summed E-state index contributed by atoms with van der Waals surface area (Å²) in [5.41, 5.74) is 1.72. The molecule has 0 unspecified atom stereocenters. The Kier molecular flexibility index (Phi) is 5.64. The Morgan fingerprint density at radius 1 is 1.09 bits per heavy atom. The molecule has 0 aliphatic carbocycles. The van der Waals surface area contributed by atoms with Crippen molar-refractivity contribution in [3.63, 3.8) is 0 Å². The quantitative estimate of drug-likeness (QED) is 0.825. The van der Waals surface area contributed by atoms with Crippen molar-refractivity contribution in [3.05, 3.63) is 63.6 Å². The van der Waals surface area contributed by atoms with E-state index in [1.165, 1.54) is 13.0 Å². The van der Waals surface area contributed by atoms with Crippen molar-refractivity contribution in [2.45, 2.75) is 20.0 Å². The Morgan fingerprint density at radius 2 is 1.78 bits per heavy atom. The van der Waals surface area contributed by atoms with Crippen LogP contribution in [0.25, 0.3) is 0 Å². The average molecular weight is 352 g/mol. The molecule has 1 N–H and O–H groups in total. The molecule has 0 aliphatic rings. The van der Waals surface area contributed by atoms with E-state index in [-0.39, 0.29) is 5.56 Å². The normalized spacial score (nSPS) is 11.7. The predicted molar refractivity (Wildman–Crippen MR) is 91.1 cm³/mol. The number of benzene rings is 2. The van der Waals surface area contributed by atoms with Crippen LogP contribution < -0.4 is 5.32 Å². The van der Waals surface area contributed by atoms with Crippen molar-refractivity contribution in [2.75, 3.05) is 5.32 Å². The lowest BCUT2D eigenvalue weighted by molar-refractivity contribution is -0.123. The highest BCUT2D eigenvalue weighted by atomic mass is 35.5. The van der Waals surface area contributed by atoms with Crippen molar-refractivity contribution >= 4 is 40.8 Å². The van der Waals surface area contributed by atoms with E-state index in [2.05, 4.69) is 5.32 Å². The van der Waals surface area contributed by atoms with Crippen molar-refractivity contribution < 1.29 is 14.3 Å². The zero-order chi connectivity index (χ0) is 17.0. The van der Waals surface area contributed by atoms with Crippen molar-refractivity contribution in [1.82, 2.24) is 0 Å². The van der Waals surface area contributed by atoms with E-state index in [0.717, 1.165) is 5.56 Å². The summed E-state index contributed by atoms with van der Waals surface area (Å²) in [5.74, 6) is -1.05. The molecule has 0 heterocycles. The maximum Gasteiger partial charge on any atom is 0.338 e. The van der Waals surface area contributed by atoms with Crippen LogP contribution in [0.3, 0.4) is 0 Å². The van der Waals surface area contributed by atoms with E-state index in [1.54, 1.807) is 36.4 Å². The molecule has 23 heavy (non-hydrogen) atoms. The van der Waals surface area contributed by atoms with Crippen LogP contribution in [0.4, 0.5) is 5.69 Å². The first-order valence-corrected chi connectivity index (χ1v) is 7.66. The van der Waals surface area contributed by atoms with Crippen molar-refractivity contribution in [1.29, 1.82) is 0 Å². The van der Waals surface area contributed by atoms with Gasteiger partial charge < -0.3 is 10.1 Å². The van der Waals surface area contributed by atoms with Crippen LogP contribution >= 0.6 is 23.2 Å². The summed E-state index contributed by atoms with van der Waals surface area (Å²) in [5, 5.41) is 3.62. The summed E-state index contributed by atoms with van der Waals surface area (Å²) in [7, 11) is 0. The number of halogens is 2. The van der Waals surface area contributed by atoms with Crippen molar-refractivity contribution in [2.24, 2.45) is 0 Å². The number of carbonyl (C=O) groups is 2. The lowest BCUT2D eigenvalue weighted by Gasteiger charge is -2.15. The molecule has 1 atom stereocenters. The summed E-state index contributed by atoms with van der Waals surface area (Å²) in [4.78, 5) is 24.2. The molecule has 2 aromatic rings. The number of rotatable bonds is 4. The molecule has 0 fully saturated rings. The van der Waals surface area contributed by atoms with Gasteiger partial charge >= 0.3 is 5.97 Å². The minimum absolute atomic E-state index is 0.288. The smallest absolute Gasteiger partial charge is 0.338 e. The van der Waals surface area contributed by atoms with Crippen LogP contribution in [0.15, 0.2) is 42.5 Å². The molecule has 120 valence electrons. The molecule has 0 saturated heterocycles. The minimum Gasteiger partial charge on any atom is -0.449 e. The van der Waals surface area contributed by atoms with Crippen molar-refractivity contribution in [3.8, 4) is 0 Å². The van der Waals surface area contributed by atoms with Crippen LogP contribution in [-0.2, 0) is 9.53 Å². The van der Waals surface area contributed by atoms with Gasteiger partial charge in [0, 0.05) is 15.7 Å². The van der Waals surface area contributed by atoms with Gasteiger partial charge in [-0.1, -0.05) is 35.3 Å². The molecular formula is C17H15Cl2NO3. The second kappa shape index (κ2) is 7.49. The Bertz CT molecular complexity index is 746. The van der Waals surface area contributed by atoms with E-state index in [4.69, 9.17) is 27.9 Å². The van der Waals surface area contributed by atoms with Gasteiger partial charge in [0.05, 0.1) is 5.56 Å². The number of anilines is 1. The van der Waals surface area contributed by atoms with Gasteiger partial charge in [0.2, 0.25) is 0 Å². The van der Waals surface area contributed by atoms with E-state index < -0.39 is 18.0 Å². The van der Waals surface area contributed by atoms with Crippen LogP contribution in [0.1, 0.15) is 22.8 Å². The van der Waals surface area contributed by atoms with E-state index in [0.29, 0.717) is 15.7 Å². The lowest BCUT2D eigenvalue weighted by Crippen LogP contribution is -2.30. The third kappa shape index (κ3) is 4.71. The number of ether oxygens (including phenoxy) is 1. The Balaban J connectivity index is 2.02. The van der Waals surface area contributed by atoms with E-state index in [9.17, 15) is 9.59 Å². The number of hydrogen-bond donors (Lipinski definition) is 1. The Hall–Kier alpha value is -2.04. The first-order chi connectivity index (χ1) is 10.9. The molecule has 6 heteroatoms. The van der Waals surface area contributed by atoms with Gasteiger partial charge in [-0.15, -0.1) is 0 Å². The average Bonchev–Trinajstić information content (AvgIpc) is 2.50. The van der Waals surface area contributed by atoms with E-state index in [1.807, 2.05) is 6.92 Å². The fourth-order valence-electron chi connectivity index (χ4n) is 1.86. The Morgan fingerprint density at radius 3 is 2.48 bits per heavy atom.